The van der Waals surface area contributed by atoms with Gasteiger partial charge in [0.2, 0.25) is 5.91 Å². The highest BCUT2D eigenvalue weighted by atomic mass is 19.1. The number of nitrogens with zero attached hydrogens (tertiary/aromatic N) is 4. The summed E-state index contributed by atoms with van der Waals surface area (Å²) < 4.78 is 15.1. The zero-order chi connectivity index (χ0) is 23.8. The van der Waals surface area contributed by atoms with Crippen molar-refractivity contribution < 1.29 is 9.18 Å². The Morgan fingerprint density at radius 2 is 2.12 bits per heavy atom. The molecule has 10 heteroatoms. The summed E-state index contributed by atoms with van der Waals surface area (Å²) in [5.74, 6) is 0.241. The number of hydrogen-bond donors (Lipinski definition) is 3. The highest BCUT2D eigenvalue weighted by molar-refractivity contribution is 5.81. The number of fused-ring (bicyclic) bond motifs is 2. The minimum atomic E-state index is -0.665. The minimum Gasteiger partial charge on any atom is -0.384 e. The summed E-state index contributed by atoms with van der Waals surface area (Å²) in [4.78, 5) is 35.1. The van der Waals surface area contributed by atoms with Crippen LogP contribution in [0.4, 0.5) is 15.9 Å². The number of aryl methyl sites for hydroxylation is 2. The van der Waals surface area contributed by atoms with Crippen molar-refractivity contribution in [3.8, 4) is 6.07 Å². The number of carbonyl (C=O) groups is 1. The van der Waals surface area contributed by atoms with Crippen LogP contribution in [-0.2, 0) is 24.2 Å². The van der Waals surface area contributed by atoms with Gasteiger partial charge in [-0.3, -0.25) is 14.2 Å². The molecule has 0 bridgehead atoms. The van der Waals surface area contributed by atoms with E-state index in [1.165, 1.54) is 16.8 Å². The molecule has 3 aromatic rings. The summed E-state index contributed by atoms with van der Waals surface area (Å²) in [6.07, 6.45) is 3.89. The van der Waals surface area contributed by atoms with Crippen LogP contribution in [0.15, 0.2) is 41.3 Å². The van der Waals surface area contributed by atoms with Gasteiger partial charge in [0.25, 0.3) is 5.56 Å². The molecule has 0 fully saturated rings. The molecule has 4 N–H and O–H groups in total. The van der Waals surface area contributed by atoms with Gasteiger partial charge in [-0.25, -0.2) is 14.4 Å². The van der Waals surface area contributed by atoms with E-state index in [0.717, 1.165) is 30.2 Å². The first kappa shape index (κ1) is 21.6. The van der Waals surface area contributed by atoms with Crippen molar-refractivity contribution >= 4 is 17.4 Å². The first-order chi connectivity index (χ1) is 16.4. The molecule has 0 saturated heterocycles. The summed E-state index contributed by atoms with van der Waals surface area (Å²) in [6.45, 7) is 0.133. The topological polar surface area (TPSA) is 139 Å². The van der Waals surface area contributed by atoms with Crippen LogP contribution in [0.3, 0.4) is 0 Å². The fourth-order valence-electron chi connectivity index (χ4n) is 4.69. The van der Waals surface area contributed by atoms with Crippen LogP contribution in [0.25, 0.3) is 0 Å². The lowest BCUT2D eigenvalue weighted by Gasteiger charge is -2.19. The number of nitrogens with one attached hydrogen (secondary N) is 2. The first-order valence-electron chi connectivity index (χ1n) is 11.0. The van der Waals surface area contributed by atoms with Gasteiger partial charge in [-0.15, -0.1) is 0 Å². The Balaban J connectivity index is 1.34. The van der Waals surface area contributed by atoms with Gasteiger partial charge in [0.1, 0.15) is 29.2 Å². The van der Waals surface area contributed by atoms with E-state index >= 15 is 0 Å². The maximum atomic E-state index is 13.7. The molecule has 1 unspecified atom stereocenters. The van der Waals surface area contributed by atoms with Crippen LogP contribution in [-0.4, -0.2) is 20.4 Å². The smallest absolute Gasteiger partial charge is 0.277 e. The number of hydrogen-bond acceptors (Lipinski definition) is 7. The predicted octanol–water partition coefficient (Wildman–Crippen LogP) is 2.13. The monoisotopic (exact) mass is 459 g/mol. The summed E-state index contributed by atoms with van der Waals surface area (Å²) in [7, 11) is 0. The van der Waals surface area contributed by atoms with Crippen LogP contribution in [0, 0.1) is 17.1 Å². The van der Waals surface area contributed by atoms with Crippen LogP contribution in [0.2, 0.25) is 0 Å². The standard InChI is InChI=1S/C24H22FN7O2/c25-15-8-13(10-26)7-14(9-15)11-28-19-12-29-22-6-4-20(32(22)24(19)34)23(33)31-18-3-2-17-16(18)1-5-21(27)30-17/h1,5,7-9,12,18,20,28H,2-4,6,11H2,(H2,27,30)(H,31,33)/t18?,20-/m0/s1. The molecule has 3 heterocycles. The van der Waals surface area contributed by atoms with E-state index in [0.29, 0.717) is 30.0 Å². The molecule has 5 rings (SSSR count). The van der Waals surface area contributed by atoms with E-state index in [2.05, 4.69) is 20.6 Å². The summed E-state index contributed by atoms with van der Waals surface area (Å²) in [5, 5.41) is 15.0. The number of rotatable bonds is 5. The highest BCUT2D eigenvalue weighted by Gasteiger charge is 2.34. The number of anilines is 2. The predicted molar refractivity (Wildman–Crippen MR) is 122 cm³/mol. The fourth-order valence-corrected chi connectivity index (χ4v) is 4.69. The number of carbonyl (C=O) groups excluding carboxylic acids is 1. The maximum Gasteiger partial charge on any atom is 0.277 e. The number of pyridine rings is 1. The number of benzene rings is 1. The van der Waals surface area contributed by atoms with E-state index in [4.69, 9.17) is 11.0 Å². The molecule has 0 spiro atoms. The molecule has 2 aromatic heterocycles. The first-order valence-corrected chi connectivity index (χ1v) is 11.0. The van der Waals surface area contributed by atoms with Crippen molar-refractivity contribution in [1.82, 2.24) is 19.9 Å². The molecule has 0 radical (unpaired) electrons. The lowest BCUT2D eigenvalue weighted by atomic mass is 10.1. The second-order valence-electron chi connectivity index (χ2n) is 8.50. The lowest BCUT2D eigenvalue weighted by Crippen LogP contribution is -2.37. The number of halogens is 1. The minimum absolute atomic E-state index is 0.133. The second-order valence-corrected chi connectivity index (χ2v) is 8.50. The van der Waals surface area contributed by atoms with Crippen LogP contribution >= 0.6 is 0 Å². The van der Waals surface area contributed by atoms with Gasteiger partial charge in [-0.1, -0.05) is 6.07 Å². The van der Waals surface area contributed by atoms with E-state index in [-0.39, 0.29) is 35.3 Å². The Labute approximate surface area is 194 Å². The molecule has 1 amide bonds. The lowest BCUT2D eigenvalue weighted by molar-refractivity contribution is -0.125. The average Bonchev–Trinajstić information content (AvgIpc) is 3.42. The molecule has 0 saturated carbocycles. The van der Waals surface area contributed by atoms with Crippen molar-refractivity contribution in [3.05, 3.63) is 80.9 Å². The van der Waals surface area contributed by atoms with Crippen LogP contribution < -0.4 is 21.9 Å². The third kappa shape index (κ3) is 3.96. The second kappa shape index (κ2) is 8.59. The molecule has 1 aliphatic heterocycles. The Bertz CT molecular complexity index is 1400. The van der Waals surface area contributed by atoms with Crippen LogP contribution in [0.5, 0.6) is 0 Å². The third-order valence-electron chi connectivity index (χ3n) is 6.29. The fraction of sp³-hybridized carbons (Fsp3) is 0.292. The zero-order valence-electron chi connectivity index (χ0n) is 18.2. The number of nitrogens with two attached hydrogens (primary N) is 1. The molecule has 2 aliphatic rings. The number of amides is 1. The molecule has 34 heavy (non-hydrogen) atoms. The number of aromatic nitrogens is 3. The molecule has 9 nitrogen and oxygen atoms in total. The highest BCUT2D eigenvalue weighted by Crippen LogP contribution is 2.32. The van der Waals surface area contributed by atoms with E-state index in [1.807, 2.05) is 12.1 Å². The summed E-state index contributed by atoms with van der Waals surface area (Å²) in [5.41, 5.74) is 8.16. The largest absolute Gasteiger partial charge is 0.384 e. The Morgan fingerprint density at radius 3 is 2.94 bits per heavy atom. The van der Waals surface area contributed by atoms with Gasteiger partial charge in [0, 0.05) is 18.7 Å². The van der Waals surface area contributed by atoms with Crippen molar-refractivity contribution in [1.29, 1.82) is 5.26 Å². The van der Waals surface area contributed by atoms with E-state index in [9.17, 15) is 14.0 Å². The van der Waals surface area contributed by atoms with Crippen LogP contribution in [0.1, 0.15) is 53.1 Å². The maximum absolute atomic E-state index is 13.7. The Morgan fingerprint density at radius 1 is 1.26 bits per heavy atom. The average molecular weight is 459 g/mol. The Hall–Kier alpha value is -4.26. The van der Waals surface area contributed by atoms with Gasteiger partial charge in [-0.05, 0) is 54.7 Å². The van der Waals surface area contributed by atoms with Crippen molar-refractivity contribution in [2.75, 3.05) is 11.1 Å². The van der Waals surface area contributed by atoms with Gasteiger partial charge in [-0.2, -0.15) is 5.26 Å². The number of nitrogen functional groups attached to an aromatic ring is 1. The molecule has 2 atom stereocenters. The summed E-state index contributed by atoms with van der Waals surface area (Å²) >= 11 is 0. The molecular weight excluding hydrogens is 437 g/mol. The molecule has 1 aliphatic carbocycles. The Kier molecular flexibility index (Phi) is 5.45. The van der Waals surface area contributed by atoms with Crippen molar-refractivity contribution in [2.24, 2.45) is 0 Å². The quantitative estimate of drug-likeness (QED) is 0.531. The molecular formula is C24H22FN7O2. The SMILES string of the molecule is N#Cc1cc(F)cc(CNc2cnc3n(c2=O)[C@H](C(=O)NC2CCc4nc(N)ccc42)CC3)c1. The van der Waals surface area contributed by atoms with Crippen molar-refractivity contribution in [2.45, 2.75) is 44.3 Å². The van der Waals surface area contributed by atoms with E-state index in [1.54, 1.807) is 12.1 Å². The third-order valence-corrected chi connectivity index (χ3v) is 6.29. The number of nitriles is 1. The van der Waals surface area contributed by atoms with E-state index < -0.39 is 11.9 Å². The van der Waals surface area contributed by atoms with Crippen molar-refractivity contribution in [3.63, 3.8) is 0 Å². The van der Waals surface area contributed by atoms with Gasteiger partial charge in [0.05, 0.1) is 23.9 Å². The zero-order valence-corrected chi connectivity index (χ0v) is 18.2. The van der Waals surface area contributed by atoms with Gasteiger partial charge >= 0.3 is 0 Å². The van der Waals surface area contributed by atoms with Gasteiger partial charge in [0.15, 0.2) is 0 Å². The molecule has 1 aromatic carbocycles. The normalized spacial score (nSPS) is 18.1. The van der Waals surface area contributed by atoms with Gasteiger partial charge < -0.3 is 16.4 Å². The summed E-state index contributed by atoms with van der Waals surface area (Å²) in [6, 6.07) is 8.67. The molecule has 172 valence electrons.